The number of aromatic nitrogens is 2. The second-order valence-corrected chi connectivity index (χ2v) is 11.1. The van der Waals surface area contributed by atoms with Crippen LogP contribution in [0.1, 0.15) is 26.5 Å². The fourth-order valence-electron chi connectivity index (χ4n) is 3.80. The third kappa shape index (κ3) is 6.36. The van der Waals surface area contributed by atoms with Crippen LogP contribution < -0.4 is 9.50 Å². The SMILES string of the molecule is Cc1ccc(NC(=O)c2ccc(OS(=O)(=O)c3cccc(F)c3)cc2)cc1Cc1nc(-c2cccnc2)cs1. The van der Waals surface area contributed by atoms with Crippen molar-refractivity contribution in [1.29, 1.82) is 0 Å². The van der Waals surface area contributed by atoms with Crippen LogP contribution in [0.5, 0.6) is 5.75 Å². The summed E-state index contributed by atoms with van der Waals surface area (Å²) >= 11 is 1.57. The van der Waals surface area contributed by atoms with Crippen molar-refractivity contribution in [2.45, 2.75) is 18.2 Å². The van der Waals surface area contributed by atoms with E-state index in [1.54, 1.807) is 23.7 Å². The predicted molar refractivity (Wildman–Crippen MR) is 148 cm³/mol. The summed E-state index contributed by atoms with van der Waals surface area (Å²) in [5, 5.41) is 5.83. The van der Waals surface area contributed by atoms with Crippen molar-refractivity contribution in [2.75, 3.05) is 5.32 Å². The van der Waals surface area contributed by atoms with Crippen molar-refractivity contribution in [3.8, 4) is 17.0 Å². The second kappa shape index (κ2) is 11.1. The van der Waals surface area contributed by atoms with Gasteiger partial charge in [-0.1, -0.05) is 12.1 Å². The Bertz CT molecular complexity index is 1740. The fraction of sp³-hybridized carbons (Fsp3) is 0.0690. The maximum atomic E-state index is 13.4. The maximum absolute atomic E-state index is 13.4. The number of anilines is 1. The number of rotatable bonds is 8. The number of hydrogen-bond donors (Lipinski definition) is 1. The molecule has 0 aliphatic rings. The van der Waals surface area contributed by atoms with Gasteiger partial charge in [-0.05, 0) is 84.8 Å². The van der Waals surface area contributed by atoms with Gasteiger partial charge in [0.05, 0.1) is 10.7 Å². The number of pyridine rings is 1. The lowest BCUT2D eigenvalue weighted by Gasteiger charge is -2.11. The van der Waals surface area contributed by atoms with Gasteiger partial charge in [0.1, 0.15) is 16.5 Å². The van der Waals surface area contributed by atoms with Gasteiger partial charge in [-0.2, -0.15) is 8.42 Å². The number of nitrogens with zero attached hydrogens (tertiary/aromatic N) is 2. The van der Waals surface area contributed by atoms with E-state index in [0.717, 1.165) is 39.5 Å². The zero-order chi connectivity index (χ0) is 27.4. The van der Waals surface area contributed by atoms with Crippen molar-refractivity contribution < 1.29 is 21.8 Å². The molecular formula is C29H22FN3O4S2. The molecule has 5 rings (SSSR count). The highest BCUT2D eigenvalue weighted by atomic mass is 32.2. The number of carbonyl (C=O) groups is 1. The van der Waals surface area contributed by atoms with Crippen LogP contribution in [0.25, 0.3) is 11.3 Å². The first-order valence-electron chi connectivity index (χ1n) is 11.8. The Kier molecular flexibility index (Phi) is 7.49. The summed E-state index contributed by atoms with van der Waals surface area (Å²) in [6, 6.07) is 19.7. The number of hydrogen-bond acceptors (Lipinski definition) is 7. The Balaban J connectivity index is 1.25. The van der Waals surface area contributed by atoms with Gasteiger partial charge in [-0.15, -0.1) is 11.3 Å². The number of aryl methyl sites for hydroxylation is 1. The molecule has 196 valence electrons. The van der Waals surface area contributed by atoms with Gasteiger partial charge in [-0.25, -0.2) is 9.37 Å². The van der Waals surface area contributed by atoms with E-state index in [0.29, 0.717) is 17.7 Å². The number of carbonyl (C=O) groups excluding carboxylic acids is 1. The quantitative estimate of drug-likeness (QED) is 0.225. The van der Waals surface area contributed by atoms with Crippen molar-refractivity contribution in [3.63, 3.8) is 0 Å². The second-order valence-electron chi connectivity index (χ2n) is 8.66. The van der Waals surface area contributed by atoms with E-state index in [4.69, 9.17) is 9.17 Å². The molecule has 5 aromatic rings. The van der Waals surface area contributed by atoms with Gasteiger partial charge in [-0.3, -0.25) is 9.78 Å². The summed E-state index contributed by atoms with van der Waals surface area (Å²) < 4.78 is 43.3. The van der Waals surface area contributed by atoms with Crippen LogP contribution in [0, 0.1) is 12.7 Å². The monoisotopic (exact) mass is 559 g/mol. The highest BCUT2D eigenvalue weighted by Crippen LogP contribution is 2.26. The summed E-state index contributed by atoms with van der Waals surface area (Å²) in [4.78, 5) is 21.4. The molecule has 0 aliphatic carbocycles. The zero-order valence-corrected chi connectivity index (χ0v) is 22.3. The lowest BCUT2D eigenvalue weighted by atomic mass is 10.0. The van der Waals surface area contributed by atoms with Crippen LogP contribution >= 0.6 is 11.3 Å². The van der Waals surface area contributed by atoms with E-state index < -0.39 is 15.9 Å². The number of amides is 1. The molecule has 0 spiro atoms. The summed E-state index contributed by atoms with van der Waals surface area (Å²) in [5.74, 6) is -1.05. The van der Waals surface area contributed by atoms with E-state index >= 15 is 0 Å². The van der Waals surface area contributed by atoms with E-state index in [-0.39, 0.29) is 16.6 Å². The van der Waals surface area contributed by atoms with E-state index in [9.17, 15) is 17.6 Å². The van der Waals surface area contributed by atoms with E-state index in [1.165, 1.54) is 36.4 Å². The average Bonchev–Trinajstić information content (AvgIpc) is 3.40. The van der Waals surface area contributed by atoms with Gasteiger partial charge in [0.15, 0.2) is 0 Å². The molecule has 2 heterocycles. The lowest BCUT2D eigenvalue weighted by molar-refractivity contribution is 0.102. The minimum atomic E-state index is -4.21. The topological polar surface area (TPSA) is 98.2 Å². The smallest absolute Gasteiger partial charge is 0.339 e. The van der Waals surface area contributed by atoms with E-state index in [2.05, 4.69) is 10.3 Å². The van der Waals surface area contributed by atoms with Gasteiger partial charge in [0.2, 0.25) is 0 Å². The standard InChI is InChI=1S/C29H22FN3O4S2/c1-19-7-10-24(14-22(19)15-28-33-27(18-38-28)21-4-3-13-31-17-21)32-29(34)20-8-11-25(12-9-20)37-39(35,36)26-6-2-5-23(30)16-26/h2-14,16-18H,15H2,1H3,(H,32,34). The Hall–Kier alpha value is -4.41. The fourth-order valence-corrected chi connectivity index (χ4v) is 5.59. The minimum Gasteiger partial charge on any atom is -0.379 e. The molecular weight excluding hydrogens is 537 g/mol. The summed E-state index contributed by atoms with van der Waals surface area (Å²) in [7, 11) is -4.21. The van der Waals surface area contributed by atoms with Crippen LogP contribution in [0.15, 0.2) is 102 Å². The largest absolute Gasteiger partial charge is 0.379 e. The number of halogens is 1. The molecule has 2 aromatic heterocycles. The molecule has 7 nitrogen and oxygen atoms in total. The first kappa shape index (κ1) is 26.2. The van der Waals surface area contributed by atoms with Crippen molar-refractivity contribution >= 4 is 33.0 Å². The predicted octanol–water partition coefficient (Wildman–Crippen LogP) is 6.26. The molecule has 0 aliphatic heterocycles. The first-order valence-corrected chi connectivity index (χ1v) is 14.1. The van der Waals surface area contributed by atoms with Crippen LogP contribution in [0.2, 0.25) is 0 Å². The molecule has 0 radical (unpaired) electrons. The summed E-state index contributed by atoms with van der Waals surface area (Å²) in [6.07, 6.45) is 4.12. The molecule has 0 bridgehead atoms. The van der Waals surface area contributed by atoms with Gasteiger partial charge in [0.25, 0.3) is 5.91 Å². The highest BCUT2D eigenvalue weighted by molar-refractivity contribution is 7.87. The molecule has 3 aromatic carbocycles. The van der Waals surface area contributed by atoms with Crippen LogP contribution in [-0.4, -0.2) is 24.3 Å². The molecule has 10 heteroatoms. The summed E-state index contributed by atoms with van der Waals surface area (Å²) in [5.41, 5.74) is 4.88. The molecule has 1 amide bonds. The molecule has 0 saturated heterocycles. The number of benzene rings is 3. The third-order valence-electron chi connectivity index (χ3n) is 5.86. The molecule has 1 N–H and O–H groups in total. The van der Waals surface area contributed by atoms with Crippen molar-refractivity contribution in [2.24, 2.45) is 0 Å². The summed E-state index contributed by atoms with van der Waals surface area (Å²) in [6.45, 7) is 2.01. The zero-order valence-electron chi connectivity index (χ0n) is 20.7. The lowest BCUT2D eigenvalue weighted by Crippen LogP contribution is -2.13. The Morgan fingerprint density at radius 1 is 1.03 bits per heavy atom. The number of thiazole rings is 1. The average molecular weight is 560 g/mol. The van der Waals surface area contributed by atoms with Gasteiger partial charge in [0, 0.05) is 41.0 Å². The van der Waals surface area contributed by atoms with Gasteiger partial charge >= 0.3 is 10.1 Å². The molecule has 0 fully saturated rings. The number of nitrogens with one attached hydrogen (secondary N) is 1. The molecule has 0 unspecified atom stereocenters. The van der Waals surface area contributed by atoms with Crippen molar-refractivity contribution in [3.05, 3.63) is 124 Å². The first-order chi connectivity index (χ1) is 18.8. The van der Waals surface area contributed by atoms with Crippen LogP contribution in [-0.2, 0) is 16.5 Å². The van der Waals surface area contributed by atoms with Crippen LogP contribution in [0.4, 0.5) is 10.1 Å². The highest BCUT2D eigenvalue weighted by Gasteiger charge is 2.18. The van der Waals surface area contributed by atoms with Crippen LogP contribution in [0.3, 0.4) is 0 Å². The Morgan fingerprint density at radius 3 is 2.59 bits per heavy atom. The van der Waals surface area contributed by atoms with E-state index in [1.807, 2.05) is 42.6 Å². The minimum absolute atomic E-state index is 0.00235. The normalized spacial score (nSPS) is 11.2. The molecule has 0 atom stereocenters. The third-order valence-corrected chi connectivity index (χ3v) is 7.96. The molecule has 39 heavy (non-hydrogen) atoms. The Labute approximate surface area is 229 Å². The van der Waals surface area contributed by atoms with Gasteiger partial charge < -0.3 is 9.50 Å². The Morgan fingerprint density at radius 2 is 1.85 bits per heavy atom. The molecule has 0 saturated carbocycles. The van der Waals surface area contributed by atoms with Crippen molar-refractivity contribution in [1.82, 2.24) is 9.97 Å². The maximum Gasteiger partial charge on any atom is 0.339 e.